The number of hydrogen-bond acceptors (Lipinski definition) is 5. The molecule has 104 valence electrons. The number of aromatic nitrogens is 2. The van der Waals surface area contributed by atoms with Crippen molar-refractivity contribution >= 4 is 23.0 Å². The van der Waals surface area contributed by atoms with Crippen molar-refractivity contribution in [1.29, 1.82) is 0 Å². The summed E-state index contributed by atoms with van der Waals surface area (Å²) in [5.74, 6) is 0.717. The molecule has 1 heterocycles. The van der Waals surface area contributed by atoms with Gasteiger partial charge in [-0.1, -0.05) is 12.2 Å². The molecule has 5 nitrogen and oxygen atoms in total. The molecule has 0 bridgehead atoms. The van der Waals surface area contributed by atoms with Gasteiger partial charge in [0.2, 0.25) is 0 Å². The van der Waals surface area contributed by atoms with Gasteiger partial charge in [0, 0.05) is 12.6 Å². The molecule has 6 heteroatoms. The third kappa shape index (κ3) is 2.69. The SMILES string of the molecule is Cc1nnc(N(CCO)C2CCC2)c(C(N)=S)c1C. The molecule has 3 N–H and O–H groups in total. The van der Waals surface area contributed by atoms with E-state index in [2.05, 4.69) is 15.1 Å². The first-order chi connectivity index (χ1) is 9.06. The van der Waals surface area contributed by atoms with Gasteiger partial charge in [0.25, 0.3) is 0 Å². The minimum Gasteiger partial charge on any atom is -0.395 e. The summed E-state index contributed by atoms with van der Waals surface area (Å²) < 4.78 is 0. The monoisotopic (exact) mass is 280 g/mol. The Bertz CT molecular complexity index is 488. The van der Waals surface area contributed by atoms with E-state index in [-0.39, 0.29) is 6.61 Å². The van der Waals surface area contributed by atoms with Crippen molar-refractivity contribution in [1.82, 2.24) is 10.2 Å². The number of thiocarbonyl (C=S) groups is 1. The first-order valence-electron chi connectivity index (χ1n) is 6.57. The summed E-state index contributed by atoms with van der Waals surface area (Å²) in [5.41, 5.74) is 8.46. The van der Waals surface area contributed by atoms with Crippen LogP contribution in [0.3, 0.4) is 0 Å². The molecule has 0 saturated heterocycles. The molecule has 2 rings (SSSR count). The normalized spacial score (nSPS) is 15.1. The highest BCUT2D eigenvalue weighted by Crippen LogP contribution is 2.31. The number of aliphatic hydroxyl groups excluding tert-OH is 1. The number of aliphatic hydroxyl groups is 1. The molecule has 1 aliphatic carbocycles. The Balaban J connectivity index is 2.46. The van der Waals surface area contributed by atoms with Crippen LogP contribution >= 0.6 is 12.2 Å². The second-order valence-corrected chi connectivity index (χ2v) is 5.41. The number of nitrogens with two attached hydrogens (primary N) is 1. The molecule has 0 radical (unpaired) electrons. The Morgan fingerprint density at radius 3 is 2.58 bits per heavy atom. The Kier molecular flexibility index (Phi) is 4.31. The van der Waals surface area contributed by atoms with Crippen molar-refractivity contribution < 1.29 is 5.11 Å². The van der Waals surface area contributed by atoms with Crippen LogP contribution in [-0.4, -0.2) is 39.5 Å². The second kappa shape index (κ2) is 5.79. The predicted octanol–water partition coefficient (Wildman–Crippen LogP) is 1.08. The van der Waals surface area contributed by atoms with Gasteiger partial charge in [0.1, 0.15) is 4.99 Å². The summed E-state index contributed by atoms with van der Waals surface area (Å²) in [7, 11) is 0. The lowest BCUT2D eigenvalue weighted by Crippen LogP contribution is -2.43. The molecule has 1 aromatic heterocycles. The van der Waals surface area contributed by atoms with Crippen LogP contribution in [-0.2, 0) is 0 Å². The Hall–Kier alpha value is -1.27. The van der Waals surface area contributed by atoms with Gasteiger partial charge in [-0.2, -0.15) is 5.10 Å². The summed E-state index contributed by atoms with van der Waals surface area (Å²) >= 11 is 5.16. The lowest BCUT2D eigenvalue weighted by molar-refractivity contribution is 0.282. The van der Waals surface area contributed by atoms with Crippen LogP contribution in [0.4, 0.5) is 5.82 Å². The standard InChI is InChI=1S/C13H20N4OS/c1-8-9(2)15-16-13(11(8)12(14)19)17(6-7-18)10-4-3-5-10/h10,18H,3-7H2,1-2H3,(H2,14,19). The summed E-state index contributed by atoms with van der Waals surface area (Å²) in [5, 5.41) is 17.7. The van der Waals surface area contributed by atoms with Gasteiger partial charge >= 0.3 is 0 Å². The molecule has 1 aromatic rings. The van der Waals surface area contributed by atoms with E-state index in [9.17, 15) is 5.11 Å². The molecule has 0 atom stereocenters. The molecule has 19 heavy (non-hydrogen) atoms. The summed E-state index contributed by atoms with van der Waals surface area (Å²) in [4.78, 5) is 2.44. The highest BCUT2D eigenvalue weighted by Gasteiger charge is 2.29. The van der Waals surface area contributed by atoms with Crippen LogP contribution < -0.4 is 10.6 Å². The first-order valence-corrected chi connectivity index (χ1v) is 6.98. The van der Waals surface area contributed by atoms with Gasteiger partial charge in [-0.15, -0.1) is 5.10 Å². The molecule has 1 aliphatic rings. The van der Waals surface area contributed by atoms with Gasteiger partial charge in [-0.25, -0.2) is 0 Å². The molecule has 0 spiro atoms. The average Bonchev–Trinajstić information content (AvgIpc) is 2.29. The zero-order valence-electron chi connectivity index (χ0n) is 11.4. The highest BCUT2D eigenvalue weighted by atomic mass is 32.1. The number of nitrogens with zero attached hydrogens (tertiary/aromatic N) is 3. The van der Waals surface area contributed by atoms with Crippen LogP contribution in [0.25, 0.3) is 0 Å². The van der Waals surface area contributed by atoms with Gasteiger partial charge in [-0.3, -0.25) is 0 Å². The molecular weight excluding hydrogens is 260 g/mol. The fourth-order valence-corrected chi connectivity index (χ4v) is 2.60. The molecule has 1 saturated carbocycles. The minimum atomic E-state index is 0.0852. The smallest absolute Gasteiger partial charge is 0.162 e. The largest absolute Gasteiger partial charge is 0.395 e. The zero-order valence-corrected chi connectivity index (χ0v) is 12.2. The third-order valence-electron chi connectivity index (χ3n) is 3.81. The fraction of sp³-hybridized carbons (Fsp3) is 0.615. The second-order valence-electron chi connectivity index (χ2n) is 4.97. The Labute approximate surface area is 118 Å². The molecule has 0 aromatic carbocycles. The van der Waals surface area contributed by atoms with Gasteiger partial charge < -0.3 is 15.7 Å². The van der Waals surface area contributed by atoms with E-state index >= 15 is 0 Å². The van der Waals surface area contributed by atoms with E-state index < -0.39 is 0 Å². The highest BCUT2D eigenvalue weighted by molar-refractivity contribution is 7.80. The van der Waals surface area contributed by atoms with Crippen LogP contribution in [0, 0.1) is 13.8 Å². The maximum atomic E-state index is 9.27. The number of hydrogen-bond donors (Lipinski definition) is 2. The molecular formula is C13H20N4OS. The molecule has 0 aliphatic heterocycles. The van der Waals surface area contributed by atoms with Crippen LogP contribution in [0.15, 0.2) is 0 Å². The maximum absolute atomic E-state index is 9.27. The van der Waals surface area contributed by atoms with Crippen molar-refractivity contribution in [2.75, 3.05) is 18.1 Å². The Morgan fingerprint density at radius 1 is 1.42 bits per heavy atom. The minimum absolute atomic E-state index is 0.0852. The van der Waals surface area contributed by atoms with Crippen molar-refractivity contribution in [3.63, 3.8) is 0 Å². The van der Waals surface area contributed by atoms with Gasteiger partial charge in [0.05, 0.1) is 17.9 Å². The lowest BCUT2D eigenvalue weighted by Gasteiger charge is -2.38. The van der Waals surface area contributed by atoms with E-state index in [1.807, 2.05) is 13.8 Å². The predicted molar refractivity (Wildman–Crippen MR) is 79.5 cm³/mol. The fourth-order valence-electron chi connectivity index (χ4n) is 2.36. The van der Waals surface area contributed by atoms with Crippen molar-refractivity contribution in [2.45, 2.75) is 39.2 Å². The quantitative estimate of drug-likeness (QED) is 0.786. The average molecular weight is 280 g/mol. The number of aryl methyl sites for hydroxylation is 1. The van der Waals surface area contributed by atoms with Crippen molar-refractivity contribution in [2.24, 2.45) is 5.73 Å². The lowest BCUT2D eigenvalue weighted by atomic mass is 9.91. The summed E-state index contributed by atoms with van der Waals surface area (Å²) in [6.45, 7) is 4.48. The van der Waals surface area contributed by atoms with E-state index in [4.69, 9.17) is 18.0 Å². The van der Waals surface area contributed by atoms with E-state index in [0.717, 1.165) is 29.7 Å². The van der Waals surface area contributed by atoms with E-state index in [0.29, 0.717) is 23.4 Å². The van der Waals surface area contributed by atoms with Gasteiger partial charge in [0.15, 0.2) is 5.82 Å². The maximum Gasteiger partial charge on any atom is 0.162 e. The third-order valence-corrected chi connectivity index (χ3v) is 4.01. The molecule has 0 amide bonds. The van der Waals surface area contributed by atoms with E-state index in [1.165, 1.54) is 6.42 Å². The van der Waals surface area contributed by atoms with E-state index in [1.54, 1.807) is 0 Å². The topological polar surface area (TPSA) is 75.3 Å². The number of anilines is 1. The number of rotatable bonds is 5. The van der Waals surface area contributed by atoms with Crippen LogP contribution in [0.2, 0.25) is 0 Å². The zero-order chi connectivity index (χ0) is 14.0. The molecule has 1 fully saturated rings. The van der Waals surface area contributed by atoms with Gasteiger partial charge in [-0.05, 0) is 38.7 Å². The Morgan fingerprint density at radius 2 is 2.11 bits per heavy atom. The summed E-state index contributed by atoms with van der Waals surface area (Å²) in [6.07, 6.45) is 3.45. The molecule has 0 unspecified atom stereocenters. The van der Waals surface area contributed by atoms with Crippen molar-refractivity contribution in [3.8, 4) is 0 Å². The van der Waals surface area contributed by atoms with Crippen LogP contribution in [0.5, 0.6) is 0 Å². The summed E-state index contributed by atoms with van der Waals surface area (Å²) in [6, 6.07) is 0.414. The first kappa shape index (κ1) is 14.1. The van der Waals surface area contributed by atoms with Crippen LogP contribution in [0.1, 0.15) is 36.1 Å². The van der Waals surface area contributed by atoms with Crippen molar-refractivity contribution in [3.05, 3.63) is 16.8 Å².